The molecule has 0 fully saturated rings. The molecule has 1 heterocycles. The van der Waals surface area contributed by atoms with Gasteiger partial charge in [-0.2, -0.15) is 0 Å². The minimum absolute atomic E-state index is 0.0537. The zero-order valence-corrected chi connectivity index (χ0v) is 13.9. The van der Waals surface area contributed by atoms with E-state index >= 15 is 0 Å². The maximum atomic E-state index is 13.0. The molecule has 8 heteroatoms. The van der Waals surface area contributed by atoms with Gasteiger partial charge in [-0.1, -0.05) is 15.9 Å². The Morgan fingerprint density at radius 3 is 2.76 bits per heavy atom. The predicted molar refractivity (Wildman–Crippen MR) is 78.3 cm³/mol. The van der Waals surface area contributed by atoms with Crippen molar-refractivity contribution in [2.75, 3.05) is 6.61 Å². The van der Waals surface area contributed by atoms with E-state index in [1.807, 2.05) is 0 Å². The Bertz CT molecular complexity index is 673. The van der Waals surface area contributed by atoms with Crippen LogP contribution in [-0.2, 0) is 4.74 Å². The Kier molecular flexibility index (Phi) is 5.10. The van der Waals surface area contributed by atoms with Crippen molar-refractivity contribution in [1.82, 2.24) is 4.98 Å². The Morgan fingerprint density at radius 1 is 1.43 bits per heavy atom. The van der Waals surface area contributed by atoms with Crippen LogP contribution >= 0.6 is 31.9 Å². The highest BCUT2D eigenvalue weighted by atomic mass is 79.9. The Morgan fingerprint density at radius 2 is 2.14 bits per heavy atom. The van der Waals surface area contributed by atoms with Gasteiger partial charge in [-0.25, -0.2) is 18.6 Å². The van der Waals surface area contributed by atoms with Crippen molar-refractivity contribution < 1.29 is 22.7 Å². The topological polar surface area (TPSA) is 52.3 Å². The van der Waals surface area contributed by atoms with E-state index in [4.69, 9.17) is 9.15 Å². The van der Waals surface area contributed by atoms with Gasteiger partial charge in [0, 0.05) is 8.95 Å². The summed E-state index contributed by atoms with van der Waals surface area (Å²) in [6.07, 6.45) is -2.94. The minimum atomic E-state index is -2.94. The Labute approximate surface area is 135 Å². The van der Waals surface area contributed by atoms with E-state index in [-0.39, 0.29) is 12.5 Å². The fourth-order valence-electron chi connectivity index (χ4n) is 1.60. The minimum Gasteiger partial charge on any atom is -0.460 e. The first-order valence-electron chi connectivity index (χ1n) is 5.85. The van der Waals surface area contributed by atoms with Crippen molar-refractivity contribution in [3.05, 3.63) is 38.6 Å². The fraction of sp³-hybridized carbons (Fsp3) is 0.231. The number of benzene rings is 1. The molecule has 1 aromatic heterocycles. The van der Waals surface area contributed by atoms with Crippen molar-refractivity contribution in [2.45, 2.75) is 13.3 Å². The van der Waals surface area contributed by atoms with Crippen molar-refractivity contribution >= 4 is 37.8 Å². The molecule has 0 radical (unpaired) electrons. The molecule has 0 aliphatic heterocycles. The third kappa shape index (κ3) is 3.49. The van der Waals surface area contributed by atoms with E-state index < -0.39 is 23.8 Å². The van der Waals surface area contributed by atoms with Crippen LogP contribution in [0.3, 0.4) is 0 Å². The maximum absolute atomic E-state index is 13.0. The molecule has 0 aliphatic carbocycles. The number of ether oxygens (including phenoxy) is 1. The molecule has 4 nitrogen and oxygen atoms in total. The highest BCUT2D eigenvalue weighted by Gasteiger charge is 2.28. The number of nitrogens with zero attached hydrogens (tertiary/aromatic N) is 1. The van der Waals surface area contributed by atoms with Crippen molar-refractivity contribution in [2.24, 2.45) is 0 Å². The average Bonchev–Trinajstić information content (AvgIpc) is 2.87. The van der Waals surface area contributed by atoms with E-state index in [1.54, 1.807) is 25.1 Å². The van der Waals surface area contributed by atoms with Crippen LogP contribution in [0.25, 0.3) is 11.5 Å². The van der Waals surface area contributed by atoms with E-state index in [0.717, 1.165) is 4.47 Å². The summed E-state index contributed by atoms with van der Waals surface area (Å²) in [5.74, 6) is -1.62. The molecule has 2 rings (SSSR count). The van der Waals surface area contributed by atoms with Crippen LogP contribution in [0, 0.1) is 0 Å². The van der Waals surface area contributed by atoms with E-state index in [1.165, 1.54) is 0 Å². The number of esters is 1. The van der Waals surface area contributed by atoms with Crippen molar-refractivity contribution in [3.63, 3.8) is 0 Å². The molecule has 0 unspecified atom stereocenters. The van der Waals surface area contributed by atoms with E-state index in [2.05, 4.69) is 36.8 Å². The first-order valence-corrected chi connectivity index (χ1v) is 7.44. The van der Waals surface area contributed by atoms with Gasteiger partial charge in [0.15, 0.2) is 5.69 Å². The SMILES string of the molecule is CCOC(=O)c1oc(-c2cc(Br)ccc2Br)nc1C(F)F. The Hall–Kier alpha value is -1.28. The number of alkyl halides is 2. The number of rotatable bonds is 4. The lowest BCUT2D eigenvalue weighted by molar-refractivity contribution is 0.0476. The maximum Gasteiger partial charge on any atom is 0.376 e. The average molecular weight is 425 g/mol. The molecule has 1 aromatic carbocycles. The molecular formula is C13H9Br2F2NO3. The zero-order chi connectivity index (χ0) is 15.6. The number of oxazole rings is 1. The van der Waals surface area contributed by atoms with Gasteiger partial charge in [0.25, 0.3) is 6.43 Å². The summed E-state index contributed by atoms with van der Waals surface area (Å²) in [6.45, 7) is 1.63. The van der Waals surface area contributed by atoms with Crippen LogP contribution in [0.2, 0.25) is 0 Å². The normalized spacial score (nSPS) is 11.0. The third-order valence-electron chi connectivity index (χ3n) is 2.48. The Balaban J connectivity index is 2.53. The van der Waals surface area contributed by atoms with Gasteiger partial charge in [-0.05, 0) is 41.1 Å². The number of carbonyl (C=O) groups is 1. The van der Waals surface area contributed by atoms with Crippen LogP contribution in [0.15, 0.2) is 31.6 Å². The van der Waals surface area contributed by atoms with Crippen LogP contribution < -0.4 is 0 Å². The highest BCUT2D eigenvalue weighted by molar-refractivity contribution is 9.11. The molecule has 0 N–H and O–H groups in total. The quantitative estimate of drug-likeness (QED) is 0.649. The first-order chi connectivity index (χ1) is 9.93. The smallest absolute Gasteiger partial charge is 0.376 e. The van der Waals surface area contributed by atoms with Gasteiger partial charge in [0.05, 0.1) is 12.2 Å². The second-order valence-electron chi connectivity index (χ2n) is 3.88. The second-order valence-corrected chi connectivity index (χ2v) is 5.65. The largest absolute Gasteiger partial charge is 0.460 e. The first kappa shape index (κ1) is 16.1. The number of hydrogen-bond donors (Lipinski definition) is 0. The summed E-state index contributed by atoms with van der Waals surface area (Å²) in [5.41, 5.74) is -0.280. The lowest BCUT2D eigenvalue weighted by Crippen LogP contribution is -2.06. The number of carbonyl (C=O) groups excluding carboxylic acids is 1. The molecular weight excluding hydrogens is 416 g/mol. The molecule has 0 bridgehead atoms. The third-order valence-corrected chi connectivity index (χ3v) is 3.66. The van der Waals surface area contributed by atoms with Crippen LogP contribution in [0.5, 0.6) is 0 Å². The lowest BCUT2D eigenvalue weighted by Gasteiger charge is -2.00. The molecule has 21 heavy (non-hydrogen) atoms. The van der Waals surface area contributed by atoms with E-state index in [9.17, 15) is 13.6 Å². The highest BCUT2D eigenvalue weighted by Crippen LogP contribution is 2.34. The van der Waals surface area contributed by atoms with Crippen LogP contribution in [0.1, 0.15) is 29.6 Å². The summed E-state index contributed by atoms with van der Waals surface area (Å²) >= 11 is 6.55. The van der Waals surface area contributed by atoms with Crippen molar-refractivity contribution in [1.29, 1.82) is 0 Å². The molecule has 0 aliphatic rings. The molecule has 0 saturated heterocycles. The van der Waals surface area contributed by atoms with Crippen LogP contribution in [0.4, 0.5) is 8.78 Å². The lowest BCUT2D eigenvalue weighted by atomic mass is 10.2. The van der Waals surface area contributed by atoms with Gasteiger partial charge in [-0.15, -0.1) is 0 Å². The summed E-state index contributed by atoms with van der Waals surface area (Å²) in [7, 11) is 0. The predicted octanol–water partition coefficient (Wildman–Crippen LogP) is 4.98. The van der Waals surface area contributed by atoms with Crippen LogP contribution in [-0.4, -0.2) is 17.6 Å². The fourth-order valence-corrected chi connectivity index (χ4v) is 2.38. The van der Waals surface area contributed by atoms with Gasteiger partial charge in [0.1, 0.15) is 0 Å². The zero-order valence-electron chi connectivity index (χ0n) is 10.7. The molecule has 112 valence electrons. The number of hydrogen-bond acceptors (Lipinski definition) is 4. The molecule has 0 amide bonds. The number of aromatic nitrogens is 1. The number of halogens is 4. The standard InChI is InChI=1S/C13H9Br2F2NO3/c1-2-20-13(19)10-9(11(16)17)18-12(21-10)7-5-6(14)3-4-8(7)15/h3-5,11H,2H2,1H3. The summed E-state index contributed by atoms with van der Waals surface area (Å²) in [4.78, 5) is 15.4. The van der Waals surface area contributed by atoms with Crippen molar-refractivity contribution in [3.8, 4) is 11.5 Å². The van der Waals surface area contributed by atoms with Gasteiger partial charge >= 0.3 is 5.97 Å². The molecule has 0 spiro atoms. The molecule has 0 saturated carbocycles. The molecule has 2 aromatic rings. The molecule has 0 atom stereocenters. The van der Waals surface area contributed by atoms with Gasteiger partial charge < -0.3 is 9.15 Å². The summed E-state index contributed by atoms with van der Waals surface area (Å²) in [6, 6.07) is 5.10. The van der Waals surface area contributed by atoms with Gasteiger partial charge in [-0.3, -0.25) is 0 Å². The summed E-state index contributed by atoms with van der Waals surface area (Å²) in [5, 5.41) is 0. The van der Waals surface area contributed by atoms with E-state index in [0.29, 0.717) is 10.0 Å². The van der Waals surface area contributed by atoms with Gasteiger partial charge in [0.2, 0.25) is 11.7 Å². The monoisotopic (exact) mass is 423 g/mol. The second kappa shape index (κ2) is 6.65. The summed E-state index contributed by atoms with van der Waals surface area (Å²) < 4.78 is 37.2.